The van der Waals surface area contributed by atoms with Crippen LogP contribution in [0.3, 0.4) is 0 Å². The van der Waals surface area contributed by atoms with Gasteiger partial charge in [0.2, 0.25) is 5.91 Å². The van der Waals surface area contributed by atoms with Gasteiger partial charge in [-0.05, 0) is 72.0 Å². The molecule has 2 heterocycles. The first kappa shape index (κ1) is 19.6. The third-order valence-electron chi connectivity index (χ3n) is 4.54. The number of aryl methyl sites for hydroxylation is 2. The largest absolute Gasteiger partial charge is 0.456 e. The highest BCUT2D eigenvalue weighted by Crippen LogP contribution is 2.40. The van der Waals surface area contributed by atoms with Crippen LogP contribution in [0.1, 0.15) is 31.4 Å². The summed E-state index contributed by atoms with van der Waals surface area (Å²) in [5.74, 6) is 1.65. The highest BCUT2D eigenvalue weighted by Gasteiger charge is 2.33. The molecule has 2 atom stereocenters. The van der Waals surface area contributed by atoms with E-state index >= 15 is 0 Å². The number of nitrogens with two attached hydrogens (primary N) is 1. The Labute approximate surface area is 162 Å². The molecule has 4 N–H and O–H groups in total. The fourth-order valence-electron chi connectivity index (χ4n) is 3.36. The first-order valence-electron chi connectivity index (χ1n) is 9.29. The van der Waals surface area contributed by atoms with Gasteiger partial charge < -0.3 is 21.1 Å². The summed E-state index contributed by atoms with van der Waals surface area (Å²) < 4.78 is 6.09. The Hall–Kier alpha value is -2.17. The molecule has 2 aliphatic heterocycles. The highest BCUT2D eigenvalue weighted by atomic mass is 31.1. The number of amides is 1. The van der Waals surface area contributed by atoms with Crippen LogP contribution in [-0.4, -0.2) is 30.5 Å². The zero-order valence-corrected chi connectivity index (χ0v) is 17.0. The summed E-state index contributed by atoms with van der Waals surface area (Å²) in [5.41, 5.74) is 8.86. The van der Waals surface area contributed by atoms with Gasteiger partial charge in [0.1, 0.15) is 17.1 Å². The Bertz CT molecular complexity index is 814. The average Bonchev–Trinajstić information content (AvgIpc) is 3.28. The number of benzene rings is 1. The first-order chi connectivity index (χ1) is 13.1. The summed E-state index contributed by atoms with van der Waals surface area (Å²) in [6, 6.07) is 6.46. The number of nitrogens with zero attached hydrogens (tertiary/aromatic N) is 1. The van der Waals surface area contributed by atoms with Crippen molar-refractivity contribution < 1.29 is 9.53 Å². The van der Waals surface area contributed by atoms with E-state index in [2.05, 4.69) is 33.5 Å². The molecule has 7 heteroatoms. The van der Waals surface area contributed by atoms with Gasteiger partial charge in [0.25, 0.3) is 0 Å². The van der Waals surface area contributed by atoms with Crippen LogP contribution in [-0.2, 0) is 17.6 Å². The lowest BCUT2D eigenvalue weighted by Crippen LogP contribution is -2.38. The predicted molar refractivity (Wildman–Crippen MR) is 111 cm³/mol. The van der Waals surface area contributed by atoms with Gasteiger partial charge in [-0.25, -0.2) is 4.99 Å². The minimum atomic E-state index is -0.0492. The molecule has 0 saturated carbocycles. The molecule has 1 aromatic carbocycles. The van der Waals surface area contributed by atoms with Crippen LogP contribution in [0.4, 0.5) is 0 Å². The van der Waals surface area contributed by atoms with Gasteiger partial charge in [-0.2, -0.15) is 0 Å². The maximum Gasteiger partial charge on any atom is 0.250 e. The molecule has 6 nitrogen and oxygen atoms in total. The normalized spacial score (nSPS) is 20.5. The molecule has 27 heavy (non-hydrogen) atoms. The second kappa shape index (κ2) is 8.68. The van der Waals surface area contributed by atoms with Crippen LogP contribution in [0, 0.1) is 0 Å². The van der Waals surface area contributed by atoms with Crippen LogP contribution >= 0.6 is 8.58 Å². The van der Waals surface area contributed by atoms with Crippen molar-refractivity contribution in [1.82, 2.24) is 10.6 Å². The Morgan fingerprint density at radius 1 is 1.33 bits per heavy atom. The van der Waals surface area contributed by atoms with Gasteiger partial charge in [-0.15, -0.1) is 0 Å². The molecule has 0 aromatic heterocycles. The summed E-state index contributed by atoms with van der Waals surface area (Å²) in [7, 11) is 1.85. The molecule has 0 bridgehead atoms. The lowest BCUT2D eigenvalue weighted by molar-refractivity contribution is -0.117. The van der Waals surface area contributed by atoms with E-state index in [1.165, 1.54) is 31.0 Å². The number of carbonyl (C=O) groups excluding carboxylic acids is 1. The molecule has 0 saturated heterocycles. The first-order valence-corrected chi connectivity index (χ1v) is 10.4. The third-order valence-corrected chi connectivity index (χ3v) is 5.95. The molecule has 0 fully saturated rings. The summed E-state index contributed by atoms with van der Waals surface area (Å²) >= 11 is 0. The summed E-state index contributed by atoms with van der Waals surface area (Å²) in [4.78, 5) is 16.7. The van der Waals surface area contributed by atoms with Crippen LogP contribution in [0.25, 0.3) is 0 Å². The molecule has 1 aliphatic carbocycles. The SMILES string of the molecule is CC(C)NC(=O)C1=CN=C2NC=C(Oc3ccc4c(c3)CCC4)PC12.CN. The van der Waals surface area contributed by atoms with Gasteiger partial charge in [-0.1, -0.05) is 6.07 Å². The fourth-order valence-corrected chi connectivity index (χ4v) is 4.63. The molecule has 0 radical (unpaired) electrons. The van der Waals surface area contributed by atoms with Crippen LogP contribution in [0.2, 0.25) is 0 Å². The number of hydrogen-bond acceptors (Lipinski definition) is 5. The zero-order chi connectivity index (χ0) is 19.4. The molecule has 1 aromatic rings. The Kier molecular flexibility index (Phi) is 6.30. The number of ether oxygens (including phenoxy) is 1. The molecular formula is C20H27N4O2P. The smallest absolute Gasteiger partial charge is 0.250 e. The number of nitrogens with one attached hydrogen (secondary N) is 2. The van der Waals surface area contributed by atoms with E-state index < -0.39 is 0 Å². The van der Waals surface area contributed by atoms with Crippen molar-refractivity contribution >= 4 is 20.3 Å². The van der Waals surface area contributed by atoms with Gasteiger partial charge in [0.05, 0.1) is 11.2 Å². The average molecular weight is 386 g/mol. The van der Waals surface area contributed by atoms with Gasteiger partial charge in [-0.3, -0.25) is 4.79 Å². The molecule has 2 unspecified atom stereocenters. The van der Waals surface area contributed by atoms with Crippen molar-refractivity contribution in [3.63, 3.8) is 0 Å². The molecular weight excluding hydrogens is 359 g/mol. The molecule has 1 amide bonds. The van der Waals surface area contributed by atoms with E-state index in [0.717, 1.165) is 23.5 Å². The van der Waals surface area contributed by atoms with Gasteiger partial charge in [0.15, 0.2) is 0 Å². The third kappa shape index (κ3) is 4.40. The summed E-state index contributed by atoms with van der Waals surface area (Å²) in [5, 5.41) is 6.13. The van der Waals surface area contributed by atoms with Crippen LogP contribution in [0.5, 0.6) is 5.75 Å². The fraction of sp³-hybridized carbons (Fsp3) is 0.400. The summed E-state index contributed by atoms with van der Waals surface area (Å²) in [6.07, 6.45) is 7.06. The number of aliphatic imine (C=N–C) groups is 1. The van der Waals surface area contributed by atoms with E-state index in [1.54, 1.807) is 6.20 Å². The van der Waals surface area contributed by atoms with E-state index in [9.17, 15) is 4.79 Å². The lowest BCUT2D eigenvalue weighted by Gasteiger charge is -2.24. The van der Waals surface area contributed by atoms with Crippen molar-refractivity contribution in [2.45, 2.75) is 44.8 Å². The van der Waals surface area contributed by atoms with Gasteiger partial charge in [0, 0.05) is 18.4 Å². The number of amidine groups is 1. The van der Waals surface area contributed by atoms with Crippen LogP contribution in [0.15, 0.2) is 46.7 Å². The van der Waals surface area contributed by atoms with Crippen molar-refractivity contribution in [2.75, 3.05) is 7.05 Å². The van der Waals surface area contributed by atoms with E-state index in [0.29, 0.717) is 14.2 Å². The molecule has 0 spiro atoms. The molecule has 4 rings (SSSR count). The van der Waals surface area contributed by atoms with Crippen molar-refractivity contribution in [3.8, 4) is 5.75 Å². The number of rotatable bonds is 4. The van der Waals surface area contributed by atoms with Crippen molar-refractivity contribution in [1.29, 1.82) is 0 Å². The lowest BCUT2D eigenvalue weighted by atomic mass is 10.1. The quantitative estimate of drug-likeness (QED) is 0.694. The highest BCUT2D eigenvalue weighted by molar-refractivity contribution is 7.45. The molecule has 3 aliphatic rings. The van der Waals surface area contributed by atoms with Crippen molar-refractivity contribution in [3.05, 3.63) is 52.8 Å². The zero-order valence-electron chi connectivity index (χ0n) is 16.0. The number of fused-ring (bicyclic) bond motifs is 2. The number of carbonyl (C=O) groups is 1. The second-order valence-corrected chi connectivity index (χ2v) is 8.20. The topological polar surface area (TPSA) is 88.7 Å². The van der Waals surface area contributed by atoms with E-state index in [4.69, 9.17) is 4.74 Å². The molecule has 144 valence electrons. The maximum atomic E-state index is 12.4. The van der Waals surface area contributed by atoms with E-state index in [1.807, 2.05) is 26.1 Å². The predicted octanol–water partition coefficient (Wildman–Crippen LogP) is 2.40. The van der Waals surface area contributed by atoms with Crippen molar-refractivity contribution in [2.24, 2.45) is 10.7 Å². The Balaban J connectivity index is 0.00000102. The number of hydrogen-bond donors (Lipinski definition) is 3. The Morgan fingerprint density at radius 2 is 2.11 bits per heavy atom. The maximum absolute atomic E-state index is 12.4. The Morgan fingerprint density at radius 3 is 2.89 bits per heavy atom. The minimum Gasteiger partial charge on any atom is -0.456 e. The van der Waals surface area contributed by atoms with Crippen LogP contribution < -0.4 is 21.1 Å². The summed E-state index contributed by atoms with van der Waals surface area (Å²) in [6.45, 7) is 3.91. The van der Waals surface area contributed by atoms with E-state index in [-0.39, 0.29) is 17.6 Å². The monoisotopic (exact) mass is 386 g/mol. The second-order valence-electron chi connectivity index (χ2n) is 6.84. The van der Waals surface area contributed by atoms with Gasteiger partial charge >= 0.3 is 0 Å². The standard InChI is InChI=1S/C19H22N3O2P.CH5N/c1-11(2)22-19(23)15-9-20-18-17(15)25-16(10-21-18)24-14-7-6-12-4-3-5-13(12)8-14;1-2/h6-11,17,25H,3-5H2,1-2H3,(H,20,21)(H,22,23);2H2,1H3. The minimum absolute atomic E-state index is 0.0341.